The van der Waals surface area contributed by atoms with E-state index in [1.165, 1.54) is 23.3 Å². The van der Waals surface area contributed by atoms with Gasteiger partial charge in [0.2, 0.25) is 0 Å². The average molecular weight is 752 g/mol. The summed E-state index contributed by atoms with van der Waals surface area (Å²) in [6.07, 6.45) is 1.37. The Morgan fingerprint density at radius 3 is 1.21 bits per heavy atom. The van der Waals surface area contributed by atoms with Gasteiger partial charge in [-0.05, 0) is 96.3 Å². The van der Waals surface area contributed by atoms with Crippen LogP contribution in [0.2, 0.25) is 0 Å². The van der Waals surface area contributed by atoms with Gasteiger partial charge in [-0.25, -0.2) is 4.85 Å². The first-order valence-electron chi connectivity index (χ1n) is 11.0. The van der Waals surface area contributed by atoms with Crippen molar-refractivity contribution >= 4 is 69.4 Å². The van der Waals surface area contributed by atoms with E-state index in [2.05, 4.69) is 92.8 Å². The molecule has 0 spiro atoms. The molecule has 4 nitrogen and oxygen atoms in total. The molecule has 0 N–H and O–H groups in total. The molecule has 0 saturated heterocycles. The molecule has 8 heteroatoms. The van der Waals surface area contributed by atoms with E-state index >= 15 is 0 Å². The molecule has 184 valence electrons. The Bertz CT molecular complexity index is 1440. The summed E-state index contributed by atoms with van der Waals surface area (Å²) in [5.41, 5.74) is 5.83. The van der Waals surface area contributed by atoms with Crippen molar-refractivity contribution in [1.82, 2.24) is 0 Å². The normalized spacial score (nSPS) is 9.68. The smallest absolute Gasteiger partial charge is 0.188 e. The summed E-state index contributed by atoms with van der Waals surface area (Å²) in [5, 5.41) is 26.9. The number of rotatable bonds is 4. The quantitative estimate of drug-likeness (QED) is 0.195. The number of benzene rings is 4. The number of hydrogen-bond donors (Lipinski definition) is 0. The van der Waals surface area contributed by atoms with Crippen LogP contribution in [0.15, 0.2) is 90.7 Å². The average Bonchev–Trinajstić information content (AvgIpc) is 2.87. The Morgan fingerprint density at radius 1 is 0.500 bits per heavy atom. The Balaban J connectivity index is 0.000000215. The van der Waals surface area contributed by atoms with Crippen molar-refractivity contribution in [3.8, 4) is 18.2 Å². The van der Waals surface area contributed by atoms with Crippen LogP contribution in [0, 0.1) is 40.6 Å². The third-order valence-corrected chi connectivity index (χ3v) is 6.98. The van der Waals surface area contributed by atoms with Crippen molar-refractivity contribution in [1.29, 1.82) is 15.8 Å². The van der Waals surface area contributed by atoms with Crippen molar-refractivity contribution in [2.75, 3.05) is 0 Å². The van der Waals surface area contributed by atoms with Crippen LogP contribution < -0.4 is 0 Å². The summed E-state index contributed by atoms with van der Waals surface area (Å²) < 4.78 is 4.37. The van der Waals surface area contributed by atoms with Crippen LogP contribution in [0.3, 0.4) is 0 Å². The maximum absolute atomic E-state index is 8.97. The largest absolute Gasteiger partial charge is 0.238 e. The van der Waals surface area contributed by atoms with Crippen molar-refractivity contribution in [2.24, 2.45) is 0 Å². The lowest BCUT2D eigenvalue weighted by Crippen LogP contribution is -1.92. The lowest BCUT2D eigenvalue weighted by atomic mass is 9.99. The SMILES string of the molecule is Brc1cc(Br)cc(Cc2cc(Br)cc(Br)c2)c1.[C-]#[N+]c1cc(C#N)cc(Cc2cc(C#N)cc(C#N)c2)c1. The Morgan fingerprint density at radius 2 is 0.842 bits per heavy atom. The molecular weight excluding hydrogens is 736 g/mol. The van der Waals surface area contributed by atoms with E-state index in [4.69, 9.17) is 22.4 Å². The monoisotopic (exact) mass is 748 g/mol. The number of nitrogens with zero attached hydrogens (tertiary/aromatic N) is 4. The molecule has 0 aromatic heterocycles. The molecule has 0 amide bonds. The maximum atomic E-state index is 8.97. The summed E-state index contributed by atoms with van der Waals surface area (Å²) in [4.78, 5) is 3.34. The molecule has 0 saturated carbocycles. The molecule has 0 aliphatic carbocycles. The standard InChI is InChI=1S/C17H8N4.C13H8Br4/c1-21-17-7-13(5-16(8-17)11-20)2-12-3-14(9-18)6-15(4-12)10-19;14-10-2-8(3-11(15)6-10)1-9-4-12(16)7-13(17)5-9/h3-8H,2H2;2-7H,1H2. The van der Waals surface area contributed by atoms with E-state index in [0.29, 0.717) is 28.8 Å². The first-order valence-corrected chi connectivity index (χ1v) is 14.1. The molecule has 4 aromatic rings. The molecule has 0 atom stereocenters. The minimum Gasteiger partial charge on any atom is -0.238 e. The molecule has 0 heterocycles. The third-order valence-electron chi connectivity index (χ3n) is 5.15. The van der Waals surface area contributed by atoms with Gasteiger partial charge in [0, 0.05) is 23.5 Å². The summed E-state index contributed by atoms with van der Waals surface area (Å²) in [7, 11) is 0. The summed E-state index contributed by atoms with van der Waals surface area (Å²) in [6.45, 7) is 7.05. The highest BCUT2D eigenvalue weighted by molar-refractivity contribution is 9.11. The molecule has 0 fully saturated rings. The van der Waals surface area contributed by atoms with Gasteiger partial charge in [-0.1, -0.05) is 75.3 Å². The predicted octanol–water partition coefficient (Wildman–Crippen LogP) is 9.77. The van der Waals surface area contributed by atoms with E-state index in [9.17, 15) is 0 Å². The van der Waals surface area contributed by atoms with E-state index < -0.39 is 0 Å². The zero-order chi connectivity index (χ0) is 27.7. The van der Waals surface area contributed by atoms with Crippen LogP contribution in [0.25, 0.3) is 4.85 Å². The van der Waals surface area contributed by atoms with Crippen molar-refractivity contribution in [3.63, 3.8) is 0 Å². The molecule has 0 bridgehead atoms. The molecule has 4 aromatic carbocycles. The van der Waals surface area contributed by atoms with Gasteiger partial charge >= 0.3 is 0 Å². The van der Waals surface area contributed by atoms with Gasteiger partial charge in [0.25, 0.3) is 0 Å². The minimum absolute atomic E-state index is 0.404. The topological polar surface area (TPSA) is 75.7 Å². The lowest BCUT2D eigenvalue weighted by Gasteiger charge is -2.05. The van der Waals surface area contributed by atoms with Gasteiger partial charge in [-0.15, -0.1) is 0 Å². The molecule has 0 unspecified atom stereocenters. The van der Waals surface area contributed by atoms with Crippen LogP contribution in [0.4, 0.5) is 5.69 Å². The highest BCUT2D eigenvalue weighted by Gasteiger charge is 2.06. The predicted molar refractivity (Wildman–Crippen MR) is 163 cm³/mol. The van der Waals surface area contributed by atoms with Crippen molar-refractivity contribution in [2.45, 2.75) is 12.8 Å². The van der Waals surface area contributed by atoms with Crippen LogP contribution >= 0.6 is 63.7 Å². The van der Waals surface area contributed by atoms with Crippen LogP contribution in [-0.4, -0.2) is 0 Å². The van der Waals surface area contributed by atoms with Gasteiger partial charge < -0.3 is 0 Å². The van der Waals surface area contributed by atoms with E-state index in [-0.39, 0.29) is 0 Å². The second-order valence-electron chi connectivity index (χ2n) is 8.16. The van der Waals surface area contributed by atoms with Crippen molar-refractivity contribution < 1.29 is 0 Å². The highest BCUT2D eigenvalue weighted by atomic mass is 79.9. The fourth-order valence-corrected chi connectivity index (χ4v) is 6.50. The second-order valence-corrected chi connectivity index (χ2v) is 11.8. The minimum atomic E-state index is 0.404. The summed E-state index contributed by atoms with van der Waals surface area (Å²) in [6, 6.07) is 28.6. The first kappa shape index (κ1) is 29.3. The number of nitriles is 3. The molecule has 38 heavy (non-hydrogen) atoms. The molecule has 0 aliphatic rings. The van der Waals surface area contributed by atoms with Crippen LogP contribution in [0.1, 0.15) is 38.9 Å². The van der Waals surface area contributed by atoms with Gasteiger partial charge in [0.1, 0.15) is 0 Å². The van der Waals surface area contributed by atoms with Crippen LogP contribution in [-0.2, 0) is 12.8 Å². The summed E-state index contributed by atoms with van der Waals surface area (Å²) >= 11 is 14.0. The zero-order valence-corrected chi connectivity index (χ0v) is 26.0. The number of hydrogen-bond acceptors (Lipinski definition) is 3. The lowest BCUT2D eigenvalue weighted by molar-refractivity contribution is 1.18. The van der Waals surface area contributed by atoms with Crippen molar-refractivity contribution in [3.05, 3.63) is 141 Å². The second kappa shape index (κ2) is 14.1. The van der Waals surface area contributed by atoms with E-state index in [1.54, 1.807) is 24.3 Å². The zero-order valence-electron chi connectivity index (χ0n) is 19.6. The van der Waals surface area contributed by atoms with Crippen LogP contribution in [0.5, 0.6) is 0 Å². The fourth-order valence-electron chi connectivity index (χ4n) is 3.73. The molecule has 4 rings (SSSR count). The van der Waals surface area contributed by atoms with E-state index in [1.807, 2.05) is 30.3 Å². The molecular formula is C30H16Br4N4. The maximum Gasteiger partial charge on any atom is 0.188 e. The van der Waals surface area contributed by atoms with Gasteiger partial charge in [-0.3, -0.25) is 0 Å². The van der Waals surface area contributed by atoms with Gasteiger partial charge in [0.05, 0.1) is 35.9 Å². The Kier molecular flexibility index (Phi) is 10.8. The Hall–Kier alpha value is -3.24. The van der Waals surface area contributed by atoms with E-state index in [0.717, 1.165) is 35.4 Å². The fraction of sp³-hybridized carbons (Fsp3) is 0.0667. The Labute approximate surface area is 255 Å². The molecule has 0 radical (unpaired) electrons. The van der Waals surface area contributed by atoms with Gasteiger partial charge in [-0.2, -0.15) is 15.8 Å². The third kappa shape index (κ3) is 8.95. The van der Waals surface area contributed by atoms with Gasteiger partial charge in [0.15, 0.2) is 5.69 Å². The highest BCUT2D eigenvalue weighted by Crippen LogP contribution is 2.25. The molecule has 0 aliphatic heterocycles. The number of halogens is 4. The first-order chi connectivity index (χ1) is 18.2. The summed E-state index contributed by atoms with van der Waals surface area (Å²) in [5.74, 6) is 0.